The molecule has 2 rings (SSSR count). The van der Waals surface area contributed by atoms with Gasteiger partial charge in [0.2, 0.25) is 11.8 Å². The van der Waals surface area contributed by atoms with E-state index in [0.717, 1.165) is 12.3 Å². The van der Waals surface area contributed by atoms with Crippen LogP contribution in [0, 0.1) is 5.92 Å². The van der Waals surface area contributed by atoms with Crippen LogP contribution >= 0.6 is 0 Å². The number of nitrogens with zero attached hydrogens (tertiary/aromatic N) is 3. The standard InChI is InChI=1S/C15H18F3N5O2/c1-8(2)13(20-9(3)24)14(25)19-6-12-22-21-11-5-4-10(7-23(11)12)15(16,17)18/h4-5,7-8,13H,6H2,1-3H3,(H,19,25)(H,20,24). The minimum absolute atomic E-state index is 0.121. The van der Waals surface area contributed by atoms with E-state index in [9.17, 15) is 22.8 Å². The van der Waals surface area contributed by atoms with Crippen molar-refractivity contribution in [1.82, 2.24) is 25.2 Å². The molecule has 0 aliphatic heterocycles. The Labute approximate surface area is 141 Å². The number of hydrogen-bond acceptors (Lipinski definition) is 4. The van der Waals surface area contributed by atoms with Gasteiger partial charge in [-0.05, 0) is 18.1 Å². The predicted octanol–water partition coefficient (Wildman–Crippen LogP) is 1.53. The Hall–Kier alpha value is -2.65. The lowest BCUT2D eigenvalue weighted by atomic mass is 10.0. The zero-order chi connectivity index (χ0) is 18.8. The van der Waals surface area contributed by atoms with Crippen LogP contribution in [-0.4, -0.2) is 32.5 Å². The Morgan fingerprint density at radius 3 is 2.48 bits per heavy atom. The van der Waals surface area contributed by atoms with Crippen LogP contribution in [0.1, 0.15) is 32.2 Å². The average Bonchev–Trinajstić information content (AvgIpc) is 2.91. The third-order valence-corrected chi connectivity index (χ3v) is 3.53. The normalized spacial score (nSPS) is 13.1. The first-order valence-corrected chi connectivity index (χ1v) is 7.55. The van der Waals surface area contributed by atoms with E-state index in [4.69, 9.17) is 0 Å². The highest BCUT2D eigenvalue weighted by molar-refractivity contribution is 5.86. The van der Waals surface area contributed by atoms with Crippen molar-refractivity contribution in [3.8, 4) is 0 Å². The summed E-state index contributed by atoms with van der Waals surface area (Å²) in [5.41, 5.74) is -0.606. The fourth-order valence-corrected chi connectivity index (χ4v) is 2.26. The highest BCUT2D eigenvalue weighted by Gasteiger charge is 2.31. The minimum atomic E-state index is -4.49. The van der Waals surface area contributed by atoms with Crippen molar-refractivity contribution in [1.29, 1.82) is 0 Å². The summed E-state index contributed by atoms with van der Waals surface area (Å²) in [7, 11) is 0. The fraction of sp³-hybridized carbons (Fsp3) is 0.467. The van der Waals surface area contributed by atoms with Crippen molar-refractivity contribution >= 4 is 17.5 Å². The van der Waals surface area contributed by atoms with Crippen LogP contribution in [0.4, 0.5) is 13.2 Å². The Bertz CT molecular complexity index is 785. The van der Waals surface area contributed by atoms with Crippen LogP contribution in [0.5, 0.6) is 0 Å². The third-order valence-electron chi connectivity index (χ3n) is 3.53. The maximum atomic E-state index is 12.8. The Morgan fingerprint density at radius 2 is 1.92 bits per heavy atom. The fourth-order valence-electron chi connectivity index (χ4n) is 2.26. The van der Waals surface area contributed by atoms with Crippen molar-refractivity contribution in [3.05, 3.63) is 29.7 Å². The van der Waals surface area contributed by atoms with Gasteiger partial charge in [-0.3, -0.25) is 14.0 Å². The number of fused-ring (bicyclic) bond motifs is 1. The van der Waals surface area contributed by atoms with Gasteiger partial charge in [0.15, 0.2) is 11.5 Å². The first-order valence-electron chi connectivity index (χ1n) is 7.55. The number of pyridine rings is 1. The first-order chi connectivity index (χ1) is 11.6. The van der Waals surface area contributed by atoms with Gasteiger partial charge in [0.05, 0.1) is 12.1 Å². The second-order valence-corrected chi connectivity index (χ2v) is 5.90. The Kier molecular flexibility index (Phi) is 5.29. The minimum Gasteiger partial charge on any atom is -0.347 e. The van der Waals surface area contributed by atoms with Crippen molar-refractivity contribution in [3.63, 3.8) is 0 Å². The van der Waals surface area contributed by atoms with Crippen molar-refractivity contribution in [2.75, 3.05) is 0 Å². The molecule has 2 amide bonds. The molecule has 0 radical (unpaired) electrons. The molecule has 1 atom stereocenters. The number of amides is 2. The first kappa shape index (κ1) is 18.7. The number of alkyl halides is 3. The van der Waals surface area contributed by atoms with Crippen LogP contribution in [-0.2, 0) is 22.3 Å². The molecule has 136 valence electrons. The second kappa shape index (κ2) is 7.08. The molecule has 2 N–H and O–H groups in total. The molecule has 1 unspecified atom stereocenters. The lowest BCUT2D eigenvalue weighted by Crippen LogP contribution is -2.49. The summed E-state index contributed by atoms with van der Waals surface area (Å²) in [6.45, 7) is 4.71. The summed E-state index contributed by atoms with van der Waals surface area (Å²) < 4.78 is 39.6. The zero-order valence-corrected chi connectivity index (χ0v) is 13.9. The number of aromatic nitrogens is 3. The lowest BCUT2D eigenvalue weighted by molar-refractivity contribution is -0.137. The van der Waals surface area contributed by atoms with Gasteiger partial charge in [0.25, 0.3) is 0 Å². The smallest absolute Gasteiger partial charge is 0.347 e. The summed E-state index contributed by atoms with van der Waals surface area (Å²) in [6, 6.07) is 1.37. The maximum Gasteiger partial charge on any atom is 0.417 e. The zero-order valence-electron chi connectivity index (χ0n) is 13.9. The van der Waals surface area contributed by atoms with E-state index in [-0.39, 0.29) is 29.8 Å². The number of carbonyl (C=O) groups excluding carboxylic acids is 2. The van der Waals surface area contributed by atoms with E-state index >= 15 is 0 Å². The van der Waals surface area contributed by atoms with E-state index < -0.39 is 23.7 Å². The molecule has 2 aromatic heterocycles. The molecule has 0 saturated carbocycles. The molecule has 2 aromatic rings. The number of carbonyl (C=O) groups is 2. The molecule has 0 bridgehead atoms. The van der Waals surface area contributed by atoms with Crippen molar-refractivity contribution in [2.45, 2.75) is 39.5 Å². The van der Waals surface area contributed by atoms with E-state index in [2.05, 4.69) is 20.8 Å². The van der Waals surface area contributed by atoms with Crippen LogP contribution < -0.4 is 10.6 Å². The van der Waals surface area contributed by atoms with Gasteiger partial charge < -0.3 is 10.6 Å². The third kappa shape index (κ3) is 4.46. The lowest BCUT2D eigenvalue weighted by Gasteiger charge is -2.20. The van der Waals surface area contributed by atoms with Gasteiger partial charge >= 0.3 is 6.18 Å². The van der Waals surface area contributed by atoms with Crippen LogP contribution in [0.3, 0.4) is 0 Å². The van der Waals surface area contributed by atoms with Gasteiger partial charge in [-0.2, -0.15) is 13.2 Å². The topological polar surface area (TPSA) is 88.4 Å². The predicted molar refractivity (Wildman–Crippen MR) is 82.3 cm³/mol. The molecular weight excluding hydrogens is 339 g/mol. The summed E-state index contributed by atoms with van der Waals surface area (Å²) >= 11 is 0. The number of halogens is 3. The number of hydrogen-bond donors (Lipinski definition) is 2. The summed E-state index contributed by atoms with van der Waals surface area (Å²) in [5.74, 6) is -0.804. The van der Waals surface area contributed by atoms with Gasteiger partial charge in [0, 0.05) is 13.1 Å². The van der Waals surface area contributed by atoms with Gasteiger partial charge in [-0.15, -0.1) is 10.2 Å². The molecule has 0 fully saturated rings. The molecule has 0 spiro atoms. The van der Waals surface area contributed by atoms with E-state index in [1.807, 2.05) is 0 Å². The Balaban J connectivity index is 2.17. The molecule has 0 aliphatic carbocycles. The summed E-state index contributed by atoms with van der Waals surface area (Å²) in [5, 5.41) is 12.7. The van der Waals surface area contributed by atoms with Crippen LogP contribution in [0.2, 0.25) is 0 Å². The van der Waals surface area contributed by atoms with Crippen molar-refractivity contribution in [2.24, 2.45) is 5.92 Å². The molecule has 0 saturated heterocycles. The highest BCUT2D eigenvalue weighted by atomic mass is 19.4. The van der Waals surface area contributed by atoms with Gasteiger partial charge in [-0.25, -0.2) is 0 Å². The Morgan fingerprint density at radius 1 is 1.24 bits per heavy atom. The average molecular weight is 357 g/mol. The number of nitrogens with one attached hydrogen (secondary N) is 2. The van der Waals surface area contributed by atoms with E-state index in [1.54, 1.807) is 13.8 Å². The van der Waals surface area contributed by atoms with Crippen LogP contribution in [0.25, 0.3) is 5.65 Å². The van der Waals surface area contributed by atoms with Gasteiger partial charge in [-0.1, -0.05) is 13.8 Å². The number of rotatable bonds is 5. The maximum absolute atomic E-state index is 12.8. The van der Waals surface area contributed by atoms with E-state index in [0.29, 0.717) is 0 Å². The van der Waals surface area contributed by atoms with Gasteiger partial charge in [0.1, 0.15) is 6.04 Å². The quantitative estimate of drug-likeness (QED) is 0.849. The van der Waals surface area contributed by atoms with E-state index in [1.165, 1.54) is 17.4 Å². The molecule has 0 aromatic carbocycles. The molecule has 7 nitrogen and oxygen atoms in total. The summed E-state index contributed by atoms with van der Waals surface area (Å²) in [6.07, 6.45) is -3.61. The molecule has 0 aliphatic rings. The second-order valence-electron chi connectivity index (χ2n) is 5.90. The molecule has 25 heavy (non-hydrogen) atoms. The van der Waals surface area contributed by atoms with Crippen LogP contribution in [0.15, 0.2) is 18.3 Å². The summed E-state index contributed by atoms with van der Waals surface area (Å²) in [4.78, 5) is 23.4. The highest BCUT2D eigenvalue weighted by Crippen LogP contribution is 2.29. The molecule has 10 heteroatoms. The SMILES string of the molecule is CC(=O)NC(C(=O)NCc1nnc2ccc(C(F)(F)F)cn12)C(C)C. The molecule has 2 heterocycles. The largest absolute Gasteiger partial charge is 0.417 e. The monoisotopic (exact) mass is 357 g/mol. The van der Waals surface area contributed by atoms with Crippen molar-refractivity contribution < 1.29 is 22.8 Å². The molecular formula is C15H18F3N5O2.